The van der Waals surface area contributed by atoms with Gasteiger partial charge in [-0.15, -0.1) is 0 Å². The third-order valence-corrected chi connectivity index (χ3v) is 3.42. The van der Waals surface area contributed by atoms with Crippen LogP contribution in [-0.2, 0) is 14.3 Å². The summed E-state index contributed by atoms with van der Waals surface area (Å²) in [6, 6.07) is 0. The molecular formula is C17H32O3. The zero-order valence-corrected chi connectivity index (χ0v) is 13.4. The van der Waals surface area contributed by atoms with Crippen LogP contribution in [0.2, 0.25) is 0 Å². The summed E-state index contributed by atoms with van der Waals surface area (Å²) < 4.78 is 4.81. The fourth-order valence-corrected chi connectivity index (χ4v) is 2.19. The van der Waals surface area contributed by atoms with Gasteiger partial charge in [0.05, 0.1) is 0 Å². The molecule has 0 aromatic rings. The highest BCUT2D eigenvalue weighted by Crippen LogP contribution is 2.12. The summed E-state index contributed by atoms with van der Waals surface area (Å²) in [6.07, 6.45) is 14.4. The Kier molecular flexibility index (Phi) is 13.9. The molecule has 0 aliphatic carbocycles. The van der Waals surface area contributed by atoms with E-state index < -0.39 is 0 Å². The van der Waals surface area contributed by atoms with Gasteiger partial charge in [0.1, 0.15) is 6.61 Å². The SMILES string of the molecule is CCCCCCCCCCCCCC(=O)OCC(C)=O. The average molecular weight is 284 g/mol. The number of ketones is 1. The molecule has 0 aliphatic heterocycles. The number of carbonyl (C=O) groups is 2. The second-order valence-electron chi connectivity index (χ2n) is 5.65. The molecule has 3 heteroatoms. The van der Waals surface area contributed by atoms with E-state index in [2.05, 4.69) is 6.92 Å². The van der Waals surface area contributed by atoms with Crippen molar-refractivity contribution in [1.82, 2.24) is 0 Å². The van der Waals surface area contributed by atoms with E-state index in [9.17, 15) is 9.59 Å². The Balaban J connectivity index is 3.12. The van der Waals surface area contributed by atoms with Crippen molar-refractivity contribution in [1.29, 1.82) is 0 Å². The zero-order valence-electron chi connectivity index (χ0n) is 13.4. The van der Waals surface area contributed by atoms with Crippen molar-refractivity contribution in [3.63, 3.8) is 0 Å². The first-order valence-electron chi connectivity index (χ1n) is 8.32. The molecule has 118 valence electrons. The number of unbranched alkanes of at least 4 members (excludes halogenated alkanes) is 10. The van der Waals surface area contributed by atoms with Gasteiger partial charge >= 0.3 is 5.97 Å². The molecule has 0 aromatic heterocycles. The van der Waals surface area contributed by atoms with Crippen LogP contribution in [0.25, 0.3) is 0 Å². The van der Waals surface area contributed by atoms with Crippen LogP contribution < -0.4 is 0 Å². The minimum absolute atomic E-state index is 0.0726. The van der Waals surface area contributed by atoms with Crippen LogP contribution in [0.3, 0.4) is 0 Å². The lowest BCUT2D eigenvalue weighted by molar-refractivity contribution is -0.147. The summed E-state index contributed by atoms with van der Waals surface area (Å²) in [5.74, 6) is -0.339. The third kappa shape index (κ3) is 15.2. The summed E-state index contributed by atoms with van der Waals surface area (Å²) in [7, 11) is 0. The van der Waals surface area contributed by atoms with E-state index in [1.165, 1.54) is 64.7 Å². The van der Waals surface area contributed by atoms with Crippen molar-refractivity contribution in [2.45, 2.75) is 90.9 Å². The highest BCUT2D eigenvalue weighted by atomic mass is 16.5. The van der Waals surface area contributed by atoms with Crippen LogP contribution in [-0.4, -0.2) is 18.4 Å². The number of ether oxygens (including phenoxy) is 1. The average Bonchev–Trinajstić information content (AvgIpc) is 2.42. The highest BCUT2D eigenvalue weighted by molar-refractivity contribution is 5.80. The van der Waals surface area contributed by atoms with Crippen LogP contribution in [0.15, 0.2) is 0 Å². The van der Waals surface area contributed by atoms with Gasteiger partial charge in [0.15, 0.2) is 5.78 Å². The lowest BCUT2D eigenvalue weighted by Crippen LogP contribution is -2.10. The van der Waals surface area contributed by atoms with Gasteiger partial charge < -0.3 is 4.74 Å². The van der Waals surface area contributed by atoms with Crippen LogP contribution in [0.1, 0.15) is 90.9 Å². The normalized spacial score (nSPS) is 10.5. The molecule has 0 spiro atoms. The van der Waals surface area contributed by atoms with Gasteiger partial charge in [-0.2, -0.15) is 0 Å². The fraction of sp³-hybridized carbons (Fsp3) is 0.882. The molecule has 0 N–H and O–H groups in total. The van der Waals surface area contributed by atoms with Gasteiger partial charge in [-0.3, -0.25) is 9.59 Å². The lowest BCUT2D eigenvalue weighted by atomic mass is 10.1. The second kappa shape index (κ2) is 14.5. The molecular weight excluding hydrogens is 252 g/mol. The molecule has 0 saturated carbocycles. The van der Waals surface area contributed by atoms with E-state index >= 15 is 0 Å². The Bertz CT molecular complexity index is 249. The molecule has 0 radical (unpaired) electrons. The number of hydrogen-bond donors (Lipinski definition) is 0. The van der Waals surface area contributed by atoms with E-state index in [4.69, 9.17) is 4.74 Å². The minimum atomic E-state index is -0.240. The monoisotopic (exact) mass is 284 g/mol. The Hall–Kier alpha value is -0.860. The van der Waals surface area contributed by atoms with Crippen molar-refractivity contribution in [3.8, 4) is 0 Å². The van der Waals surface area contributed by atoms with E-state index in [-0.39, 0.29) is 18.4 Å². The molecule has 0 atom stereocenters. The molecule has 0 aromatic carbocycles. The van der Waals surface area contributed by atoms with Crippen molar-refractivity contribution in [3.05, 3.63) is 0 Å². The van der Waals surface area contributed by atoms with Crippen LogP contribution >= 0.6 is 0 Å². The molecule has 0 unspecified atom stereocenters. The predicted octanol–water partition coefficient (Wildman–Crippen LogP) is 4.82. The first-order valence-corrected chi connectivity index (χ1v) is 8.32. The Morgan fingerprint density at radius 1 is 0.750 bits per heavy atom. The Morgan fingerprint density at radius 2 is 1.20 bits per heavy atom. The van der Waals surface area contributed by atoms with Gasteiger partial charge in [0.25, 0.3) is 0 Å². The highest BCUT2D eigenvalue weighted by Gasteiger charge is 2.03. The molecule has 0 rings (SSSR count). The molecule has 0 saturated heterocycles. The van der Waals surface area contributed by atoms with Crippen molar-refractivity contribution >= 4 is 11.8 Å². The van der Waals surface area contributed by atoms with Crippen molar-refractivity contribution in [2.75, 3.05) is 6.61 Å². The summed E-state index contributed by atoms with van der Waals surface area (Å²) >= 11 is 0. The molecule has 20 heavy (non-hydrogen) atoms. The Labute approximate surface area is 124 Å². The summed E-state index contributed by atoms with van der Waals surface area (Å²) in [4.78, 5) is 21.9. The van der Waals surface area contributed by atoms with Crippen molar-refractivity contribution < 1.29 is 14.3 Å². The number of Topliss-reactive ketones (excluding diaryl/α,β-unsaturated/α-hetero) is 1. The van der Waals surface area contributed by atoms with Gasteiger partial charge in [0.2, 0.25) is 0 Å². The molecule has 0 bridgehead atoms. The molecule has 0 aliphatic rings. The molecule has 0 heterocycles. The summed E-state index contributed by atoms with van der Waals surface area (Å²) in [6.45, 7) is 3.60. The maximum absolute atomic E-state index is 11.2. The number of esters is 1. The molecule has 0 amide bonds. The van der Waals surface area contributed by atoms with E-state index in [1.807, 2.05) is 0 Å². The first-order chi connectivity index (χ1) is 9.66. The number of rotatable bonds is 14. The summed E-state index contributed by atoms with van der Waals surface area (Å²) in [5, 5.41) is 0. The van der Waals surface area contributed by atoms with Gasteiger partial charge in [-0.25, -0.2) is 0 Å². The zero-order chi connectivity index (χ0) is 15.1. The van der Waals surface area contributed by atoms with E-state index in [0.717, 1.165) is 12.8 Å². The first kappa shape index (κ1) is 19.1. The van der Waals surface area contributed by atoms with E-state index in [1.54, 1.807) is 0 Å². The topological polar surface area (TPSA) is 43.4 Å². The third-order valence-electron chi connectivity index (χ3n) is 3.42. The second-order valence-corrected chi connectivity index (χ2v) is 5.65. The van der Waals surface area contributed by atoms with Crippen LogP contribution in [0, 0.1) is 0 Å². The van der Waals surface area contributed by atoms with Crippen LogP contribution in [0.4, 0.5) is 0 Å². The predicted molar refractivity (Wildman–Crippen MR) is 82.7 cm³/mol. The molecule has 3 nitrogen and oxygen atoms in total. The largest absolute Gasteiger partial charge is 0.458 e. The van der Waals surface area contributed by atoms with Gasteiger partial charge in [-0.05, 0) is 13.3 Å². The smallest absolute Gasteiger partial charge is 0.306 e. The maximum atomic E-state index is 11.2. The quantitative estimate of drug-likeness (QED) is 0.339. The van der Waals surface area contributed by atoms with Crippen LogP contribution in [0.5, 0.6) is 0 Å². The molecule has 0 fully saturated rings. The van der Waals surface area contributed by atoms with E-state index in [0.29, 0.717) is 6.42 Å². The van der Waals surface area contributed by atoms with Gasteiger partial charge in [-0.1, -0.05) is 71.1 Å². The lowest BCUT2D eigenvalue weighted by Gasteiger charge is -2.03. The Morgan fingerprint density at radius 3 is 1.65 bits per heavy atom. The standard InChI is InChI=1S/C17H32O3/c1-3-4-5-6-7-8-9-10-11-12-13-14-17(19)20-15-16(2)18/h3-15H2,1-2H3. The summed E-state index contributed by atoms with van der Waals surface area (Å²) in [5.41, 5.74) is 0. The maximum Gasteiger partial charge on any atom is 0.306 e. The minimum Gasteiger partial charge on any atom is -0.458 e. The van der Waals surface area contributed by atoms with Crippen molar-refractivity contribution in [2.24, 2.45) is 0 Å². The fourth-order valence-electron chi connectivity index (χ4n) is 2.19. The number of carbonyl (C=O) groups excluding carboxylic acids is 2. The number of hydrogen-bond acceptors (Lipinski definition) is 3. The van der Waals surface area contributed by atoms with Gasteiger partial charge in [0, 0.05) is 6.42 Å².